The number of likely N-dealkylation sites (N-methyl/N-ethyl adjacent to an activating group) is 1. The van der Waals surface area contributed by atoms with Crippen LogP contribution in [0, 0.1) is 0 Å². The molecule has 3 rings (SSSR count). The molecule has 27 heavy (non-hydrogen) atoms. The minimum absolute atomic E-state index is 0.213. The molecule has 0 spiro atoms. The molecule has 0 saturated carbocycles. The maximum atomic E-state index is 10.3. The second-order valence-electron chi connectivity index (χ2n) is 7.58. The van der Waals surface area contributed by atoms with Crippen molar-refractivity contribution < 1.29 is 9.84 Å². The van der Waals surface area contributed by atoms with Crippen LogP contribution in [0.3, 0.4) is 0 Å². The van der Waals surface area contributed by atoms with Crippen molar-refractivity contribution in [2.24, 2.45) is 0 Å². The van der Waals surface area contributed by atoms with Gasteiger partial charge in [0.25, 0.3) is 0 Å². The lowest BCUT2D eigenvalue weighted by atomic mass is 10.1. The van der Waals surface area contributed by atoms with E-state index in [-0.39, 0.29) is 5.75 Å². The highest BCUT2D eigenvalue weighted by molar-refractivity contribution is 5.44. The Kier molecular flexibility index (Phi) is 7.13. The topological polar surface area (TPSA) is 35.9 Å². The van der Waals surface area contributed by atoms with Crippen molar-refractivity contribution in [2.75, 3.05) is 33.2 Å². The normalized spacial score (nSPS) is 15.8. The van der Waals surface area contributed by atoms with Gasteiger partial charge in [0, 0.05) is 32.7 Å². The maximum absolute atomic E-state index is 10.3. The average molecular weight is 369 g/mol. The molecule has 1 heterocycles. The van der Waals surface area contributed by atoms with Gasteiger partial charge in [-0.15, -0.1) is 0 Å². The Balaban J connectivity index is 1.54. The minimum Gasteiger partial charge on any atom is -0.504 e. The van der Waals surface area contributed by atoms with Crippen molar-refractivity contribution in [1.29, 1.82) is 0 Å². The summed E-state index contributed by atoms with van der Waals surface area (Å²) >= 11 is 0. The molecule has 146 valence electrons. The number of unbranched alkanes of at least 4 members (excludes halogenated alkanes) is 2. The van der Waals surface area contributed by atoms with Gasteiger partial charge in [0.05, 0.1) is 0 Å². The number of hydrogen-bond donors (Lipinski definition) is 1. The van der Waals surface area contributed by atoms with Crippen molar-refractivity contribution >= 4 is 0 Å². The van der Waals surface area contributed by atoms with E-state index in [9.17, 15) is 5.11 Å². The Labute approximate surface area is 163 Å². The molecule has 2 aromatic rings. The van der Waals surface area contributed by atoms with Gasteiger partial charge in [-0.2, -0.15) is 0 Å². The molecule has 4 nitrogen and oxygen atoms in total. The minimum atomic E-state index is 0.213. The molecule has 0 aliphatic carbocycles. The van der Waals surface area contributed by atoms with Crippen LogP contribution in [-0.4, -0.2) is 48.1 Å². The second kappa shape index (κ2) is 9.77. The van der Waals surface area contributed by atoms with Crippen LogP contribution in [0.15, 0.2) is 42.5 Å². The number of nitrogens with zero attached hydrogens (tertiary/aromatic N) is 2. The highest BCUT2D eigenvalue weighted by Crippen LogP contribution is 2.32. The highest BCUT2D eigenvalue weighted by atomic mass is 16.5. The first-order chi connectivity index (χ1) is 13.1. The molecule has 0 aromatic heterocycles. The van der Waals surface area contributed by atoms with Crippen molar-refractivity contribution in [2.45, 2.75) is 39.2 Å². The zero-order valence-corrected chi connectivity index (χ0v) is 16.7. The number of ether oxygens (including phenoxy) is 1. The van der Waals surface area contributed by atoms with E-state index in [1.165, 1.54) is 18.4 Å². The largest absolute Gasteiger partial charge is 0.504 e. The van der Waals surface area contributed by atoms with E-state index in [4.69, 9.17) is 4.74 Å². The first kappa shape index (κ1) is 19.7. The third-order valence-electron chi connectivity index (χ3n) is 5.25. The van der Waals surface area contributed by atoms with Gasteiger partial charge in [-0.3, -0.25) is 4.90 Å². The fourth-order valence-electron chi connectivity index (χ4n) is 3.44. The van der Waals surface area contributed by atoms with Gasteiger partial charge < -0.3 is 14.7 Å². The van der Waals surface area contributed by atoms with E-state index < -0.39 is 0 Å². The summed E-state index contributed by atoms with van der Waals surface area (Å²) in [5.74, 6) is 1.48. The van der Waals surface area contributed by atoms with Crippen LogP contribution >= 0.6 is 0 Å². The summed E-state index contributed by atoms with van der Waals surface area (Å²) in [5.41, 5.74) is 2.46. The van der Waals surface area contributed by atoms with E-state index in [0.29, 0.717) is 5.75 Å². The maximum Gasteiger partial charge on any atom is 0.169 e. The fraction of sp³-hybridized carbons (Fsp3) is 0.478. The summed E-state index contributed by atoms with van der Waals surface area (Å²) in [6.07, 6.45) is 4.59. The van der Waals surface area contributed by atoms with Gasteiger partial charge in [0.15, 0.2) is 11.5 Å². The number of phenols is 1. The van der Waals surface area contributed by atoms with E-state index in [1.54, 1.807) is 0 Å². The molecule has 1 aliphatic heterocycles. The molecule has 2 aromatic carbocycles. The van der Waals surface area contributed by atoms with Crippen LogP contribution in [0.5, 0.6) is 17.2 Å². The zero-order chi connectivity index (χ0) is 19.1. The van der Waals surface area contributed by atoms with Gasteiger partial charge >= 0.3 is 0 Å². The number of hydrogen-bond acceptors (Lipinski definition) is 4. The Morgan fingerprint density at radius 3 is 2.30 bits per heavy atom. The lowest BCUT2D eigenvalue weighted by molar-refractivity contribution is 0.148. The number of aryl methyl sites for hydroxylation is 1. The lowest BCUT2D eigenvalue weighted by Gasteiger charge is -2.32. The number of piperazine rings is 1. The van der Waals surface area contributed by atoms with Crippen molar-refractivity contribution in [3.63, 3.8) is 0 Å². The zero-order valence-electron chi connectivity index (χ0n) is 16.7. The molecule has 0 amide bonds. The quantitative estimate of drug-likeness (QED) is 0.687. The number of phenolic OH excluding ortho intramolecular Hbond substituents is 1. The predicted molar refractivity (Wildman–Crippen MR) is 111 cm³/mol. The van der Waals surface area contributed by atoms with Gasteiger partial charge in [-0.1, -0.05) is 38.0 Å². The summed E-state index contributed by atoms with van der Waals surface area (Å²) in [4.78, 5) is 4.86. The SMILES string of the molecule is CCCCCc1ccc(Oc2ccc(CN3CCN(C)CC3)cc2)c(O)c1. The van der Waals surface area contributed by atoms with Crippen LogP contribution in [0.4, 0.5) is 0 Å². The van der Waals surface area contributed by atoms with Crippen LogP contribution in [0.2, 0.25) is 0 Å². The van der Waals surface area contributed by atoms with Crippen molar-refractivity contribution in [1.82, 2.24) is 9.80 Å². The number of aromatic hydroxyl groups is 1. The van der Waals surface area contributed by atoms with Crippen molar-refractivity contribution in [3.05, 3.63) is 53.6 Å². The number of benzene rings is 2. The summed E-state index contributed by atoms with van der Waals surface area (Å²) in [5, 5.41) is 10.3. The fourth-order valence-corrected chi connectivity index (χ4v) is 3.44. The molecule has 0 atom stereocenters. The molecular formula is C23H32N2O2. The first-order valence-electron chi connectivity index (χ1n) is 10.1. The Morgan fingerprint density at radius 1 is 0.926 bits per heavy atom. The summed E-state index contributed by atoms with van der Waals surface area (Å²) < 4.78 is 5.88. The molecule has 1 N–H and O–H groups in total. The monoisotopic (exact) mass is 368 g/mol. The Bertz CT molecular complexity index is 707. The average Bonchev–Trinajstić information content (AvgIpc) is 2.67. The molecule has 1 aliphatic rings. The van der Waals surface area contributed by atoms with Gasteiger partial charge in [0.1, 0.15) is 5.75 Å². The van der Waals surface area contributed by atoms with Gasteiger partial charge in [-0.25, -0.2) is 0 Å². The lowest BCUT2D eigenvalue weighted by Crippen LogP contribution is -2.43. The molecule has 4 heteroatoms. The molecule has 1 saturated heterocycles. The summed E-state index contributed by atoms with van der Waals surface area (Å²) in [6, 6.07) is 13.9. The Hall–Kier alpha value is -2.04. The van der Waals surface area contributed by atoms with E-state index in [2.05, 4.69) is 35.9 Å². The molecule has 0 bridgehead atoms. The van der Waals surface area contributed by atoms with Gasteiger partial charge in [-0.05, 0) is 55.3 Å². The van der Waals surface area contributed by atoms with E-state index in [1.807, 2.05) is 30.3 Å². The molecular weight excluding hydrogens is 336 g/mol. The third-order valence-corrected chi connectivity index (χ3v) is 5.25. The highest BCUT2D eigenvalue weighted by Gasteiger charge is 2.14. The van der Waals surface area contributed by atoms with Crippen LogP contribution in [-0.2, 0) is 13.0 Å². The van der Waals surface area contributed by atoms with Crippen molar-refractivity contribution in [3.8, 4) is 17.2 Å². The molecule has 1 fully saturated rings. The predicted octanol–water partition coefficient (Wildman–Crippen LogP) is 4.66. The van der Waals surface area contributed by atoms with Gasteiger partial charge in [0.2, 0.25) is 0 Å². The first-order valence-corrected chi connectivity index (χ1v) is 10.1. The standard InChI is InChI=1S/C23H32N2O2/c1-3-4-5-6-19-9-12-23(22(26)17-19)27-21-10-7-20(8-11-21)18-25-15-13-24(2)14-16-25/h7-12,17,26H,3-6,13-16,18H2,1-2H3. The summed E-state index contributed by atoms with van der Waals surface area (Å²) in [6.45, 7) is 7.68. The summed E-state index contributed by atoms with van der Waals surface area (Å²) in [7, 11) is 2.18. The molecule has 0 radical (unpaired) electrons. The molecule has 0 unspecified atom stereocenters. The second-order valence-corrected chi connectivity index (χ2v) is 7.58. The van der Waals surface area contributed by atoms with E-state index >= 15 is 0 Å². The smallest absolute Gasteiger partial charge is 0.169 e. The van der Waals surface area contributed by atoms with Crippen LogP contribution in [0.1, 0.15) is 37.3 Å². The Morgan fingerprint density at radius 2 is 1.63 bits per heavy atom. The third kappa shape index (κ3) is 5.98. The van der Waals surface area contributed by atoms with Crippen LogP contribution in [0.25, 0.3) is 0 Å². The van der Waals surface area contributed by atoms with E-state index in [0.717, 1.165) is 56.9 Å². The number of rotatable bonds is 8. The van der Waals surface area contributed by atoms with Crippen LogP contribution < -0.4 is 4.74 Å².